The minimum absolute atomic E-state index is 0.0599. The van der Waals surface area contributed by atoms with Crippen molar-refractivity contribution in [3.63, 3.8) is 0 Å². The van der Waals surface area contributed by atoms with Gasteiger partial charge in [-0.15, -0.1) is 0 Å². The van der Waals surface area contributed by atoms with Gasteiger partial charge in [0.25, 0.3) is 5.78 Å². The highest BCUT2D eigenvalue weighted by atomic mass is 16.5. The Morgan fingerprint density at radius 1 is 1.21 bits per heavy atom. The van der Waals surface area contributed by atoms with E-state index in [0.29, 0.717) is 5.75 Å². The number of rotatable bonds is 3. The van der Waals surface area contributed by atoms with Crippen LogP contribution in [0.3, 0.4) is 0 Å². The number of aliphatic carboxylic acids is 1. The zero-order chi connectivity index (χ0) is 18.5. The van der Waals surface area contributed by atoms with Crippen LogP contribution >= 0.6 is 0 Å². The predicted molar refractivity (Wildman–Crippen MR) is 89.5 cm³/mol. The number of Topliss-reactive ketones (excluding diaryl/α,β-unsaturated/α-hetero) is 2. The Kier molecular flexibility index (Phi) is 4.11. The van der Waals surface area contributed by atoms with Crippen molar-refractivity contribution in [1.29, 1.82) is 0 Å². The van der Waals surface area contributed by atoms with Crippen LogP contribution in [0, 0.1) is 5.41 Å². The fourth-order valence-electron chi connectivity index (χ4n) is 3.43. The molecule has 0 bridgehead atoms. The highest BCUT2D eigenvalue weighted by Gasteiger charge is 2.62. The molecule has 5 nitrogen and oxygen atoms in total. The van der Waals surface area contributed by atoms with E-state index in [1.807, 2.05) is 6.07 Å². The molecule has 0 amide bonds. The molecule has 1 unspecified atom stereocenters. The van der Waals surface area contributed by atoms with E-state index in [1.165, 1.54) is 0 Å². The van der Waals surface area contributed by atoms with Gasteiger partial charge in [0.2, 0.25) is 0 Å². The molecule has 0 radical (unpaired) electrons. The lowest BCUT2D eigenvalue weighted by molar-refractivity contribution is -0.159. The summed E-state index contributed by atoms with van der Waals surface area (Å²) in [5, 5.41) is 9.22. The van der Waals surface area contributed by atoms with Gasteiger partial charge in [-0.05, 0) is 43.4 Å². The SMILES string of the molecule is CCC1(C(=O)C(=O)O)C(=O)c2ccc(C(C)(C)C)cc2OC1(C)C. The maximum atomic E-state index is 13.1. The Labute approximate surface area is 142 Å². The Hall–Kier alpha value is -2.17. The smallest absolute Gasteiger partial charge is 0.373 e. The second-order valence-corrected chi connectivity index (χ2v) is 7.80. The lowest BCUT2D eigenvalue weighted by atomic mass is 9.62. The molecule has 1 N–H and O–H groups in total. The highest BCUT2D eigenvalue weighted by molar-refractivity contribution is 6.41. The summed E-state index contributed by atoms with van der Waals surface area (Å²) in [5.41, 5.74) is -1.84. The van der Waals surface area contributed by atoms with E-state index in [1.54, 1.807) is 32.9 Å². The number of carboxylic acids is 1. The first kappa shape index (κ1) is 18.2. The molecular weight excluding hydrogens is 308 g/mol. The van der Waals surface area contributed by atoms with Gasteiger partial charge in [0, 0.05) is 0 Å². The monoisotopic (exact) mass is 332 g/mol. The average Bonchev–Trinajstić information content (AvgIpc) is 2.45. The van der Waals surface area contributed by atoms with Crippen LogP contribution < -0.4 is 4.74 Å². The summed E-state index contributed by atoms with van der Waals surface area (Å²) < 4.78 is 6.00. The number of ketones is 2. The van der Waals surface area contributed by atoms with Gasteiger partial charge in [-0.2, -0.15) is 0 Å². The molecule has 1 aliphatic heterocycles. The van der Waals surface area contributed by atoms with Crippen LogP contribution in [0.25, 0.3) is 0 Å². The molecule has 2 rings (SSSR count). The van der Waals surface area contributed by atoms with Gasteiger partial charge in [-0.25, -0.2) is 4.79 Å². The van der Waals surface area contributed by atoms with E-state index >= 15 is 0 Å². The van der Waals surface area contributed by atoms with E-state index in [0.717, 1.165) is 5.56 Å². The summed E-state index contributed by atoms with van der Waals surface area (Å²) in [6.07, 6.45) is 0.0599. The lowest BCUT2D eigenvalue weighted by Crippen LogP contribution is -2.61. The number of carbonyl (C=O) groups is 3. The minimum atomic E-state index is -1.73. The van der Waals surface area contributed by atoms with Crippen LogP contribution in [-0.4, -0.2) is 28.2 Å². The summed E-state index contributed by atoms with van der Waals surface area (Å²) >= 11 is 0. The molecule has 0 spiro atoms. The van der Waals surface area contributed by atoms with E-state index in [-0.39, 0.29) is 17.4 Å². The Balaban J connectivity index is 2.69. The van der Waals surface area contributed by atoms with Gasteiger partial charge in [-0.3, -0.25) is 9.59 Å². The van der Waals surface area contributed by atoms with Gasteiger partial charge in [-0.1, -0.05) is 33.8 Å². The van der Waals surface area contributed by atoms with Crippen LogP contribution in [0.1, 0.15) is 63.9 Å². The van der Waals surface area contributed by atoms with Crippen LogP contribution in [0.4, 0.5) is 0 Å². The molecule has 1 aliphatic rings. The van der Waals surface area contributed by atoms with Gasteiger partial charge >= 0.3 is 5.97 Å². The summed E-state index contributed by atoms with van der Waals surface area (Å²) in [7, 11) is 0. The summed E-state index contributed by atoms with van der Waals surface area (Å²) in [5.74, 6) is -2.81. The first-order chi connectivity index (χ1) is 10.9. The Bertz CT molecular complexity index is 724. The van der Waals surface area contributed by atoms with Gasteiger partial charge in [0.1, 0.15) is 16.8 Å². The molecule has 5 heteroatoms. The molecule has 0 fully saturated rings. The zero-order valence-corrected chi connectivity index (χ0v) is 15.0. The quantitative estimate of drug-likeness (QED) is 0.678. The van der Waals surface area contributed by atoms with E-state index in [2.05, 4.69) is 20.8 Å². The number of fused-ring (bicyclic) bond motifs is 1. The van der Waals surface area contributed by atoms with Crippen molar-refractivity contribution in [2.45, 2.75) is 59.0 Å². The van der Waals surface area contributed by atoms with E-state index in [4.69, 9.17) is 4.74 Å². The van der Waals surface area contributed by atoms with Crippen molar-refractivity contribution in [1.82, 2.24) is 0 Å². The molecule has 0 saturated heterocycles. The minimum Gasteiger partial charge on any atom is -0.486 e. The van der Waals surface area contributed by atoms with Crippen molar-refractivity contribution < 1.29 is 24.2 Å². The fourth-order valence-corrected chi connectivity index (χ4v) is 3.43. The number of hydrogen-bond acceptors (Lipinski definition) is 4. The maximum Gasteiger partial charge on any atom is 0.373 e. The fraction of sp³-hybridized carbons (Fsp3) is 0.526. The normalized spacial score (nSPS) is 22.5. The zero-order valence-electron chi connectivity index (χ0n) is 15.0. The topological polar surface area (TPSA) is 80.7 Å². The number of ether oxygens (including phenoxy) is 1. The molecule has 1 aromatic rings. The lowest BCUT2D eigenvalue weighted by Gasteiger charge is -2.46. The van der Waals surface area contributed by atoms with Crippen LogP contribution in [-0.2, 0) is 15.0 Å². The van der Waals surface area contributed by atoms with Crippen molar-refractivity contribution in [2.24, 2.45) is 5.41 Å². The third-order valence-corrected chi connectivity index (χ3v) is 4.98. The summed E-state index contributed by atoms with van der Waals surface area (Å²) in [6.45, 7) is 11.0. The first-order valence-electron chi connectivity index (χ1n) is 8.04. The highest BCUT2D eigenvalue weighted by Crippen LogP contribution is 2.48. The number of hydrogen-bond donors (Lipinski definition) is 1. The van der Waals surface area contributed by atoms with Crippen LogP contribution in [0.5, 0.6) is 5.75 Å². The van der Waals surface area contributed by atoms with Crippen molar-refractivity contribution in [2.75, 3.05) is 0 Å². The second kappa shape index (κ2) is 5.43. The van der Waals surface area contributed by atoms with Gasteiger partial charge in [0.15, 0.2) is 5.78 Å². The van der Waals surface area contributed by atoms with Crippen LogP contribution in [0.15, 0.2) is 18.2 Å². The van der Waals surface area contributed by atoms with Gasteiger partial charge < -0.3 is 9.84 Å². The molecule has 1 heterocycles. The van der Waals surface area contributed by atoms with E-state index < -0.39 is 28.6 Å². The molecular formula is C19H24O5. The van der Waals surface area contributed by atoms with Crippen LogP contribution in [0.2, 0.25) is 0 Å². The third kappa shape index (κ3) is 2.43. The first-order valence-corrected chi connectivity index (χ1v) is 8.04. The summed E-state index contributed by atoms with van der Waals surface area (Å²) in [4.78, 5) is 36.9. The molecule has 130 valence electrons. The number of benzene rings is 1. The molecule has 0 saturated carbocycles. The van der Waals surface area contributed by atoms with Gasteiger partial charge in [0.05, 0.1) is 5.56 Å². The summed E-state index contributed by atoms with van der Waals surface area (Å²) in [6, 6.07) is 5.26. The molecule has 0 aliphatic carbocycles. The maximum absolute atomic E-state index is 13.1. The van der Waals surface area contributed by atoms with Crippen molar-refractivity contribution in [3.8, 4) is 5.75 Å². The standard InChI is InChI=1S/C19H24O5/c1-7-19(15(21)16(22)23)14(20)12-9-8-11(17(2,3)4)10-13(12)24-18(19,5)6/h8-10H,7H2,1-6H3,(H,22,23). The molecule has 1 atom stereocenters. The second-order valence-electron chi connectivity index (χ2n) is 7.80. The van der Waals surface area contributed by atoms with E-state index in [9.17, 15) is 19.5 Å². The average molecular weight is 332 g/mol. The molecule has 0 aromatic heterocycles. The Morgan fingerprint density at radius 2 is 1.79 bits per heavy atom. The number of carbonyl (C=O) groups excluding carboxylic acids is 2. The Morgan fingerprint density at radius 3 is 2.25 bits per heavy atom. The van der Waals surface area contributed by atoms with Crippen molar-refractivity contribution >= 4 is 17.5 Å². The molecule has 1 aromatic carbocycles. The largest absolute Gasteiger partial charge is 0.486 e. The third-order valence-electron chi connectivity index (χ3n) is 4.98. The number of carboxylic acid groups (broad SMARTS) is 1. The molecule has 24 heavy (non-hydrogen) atoms. The predicted octanol–water partition coefficient (Wildman–Crippen LogP) is 3.39. The van der Waals surface area contributed by atoms with Crippen molar-refractivity contribution in [3.05, 3.63) is 29.3 Å².